The maximum atomic E-state index is 11.8. The molecule has 0 amide bonds. The molecule has 0 spiro atoms. The van der Waals surface area contributed by atoms with Gasteiger partial charge in [-0.05, 0) is 12.0 Å². The number of hydrogen-bond donors (Lipinski definition) is 0. The number of hydrogen-bond acceptors (Lipinski definition) is 2. The van der Waals surface area contributed by atoms with Gasteiger partial charge in [0.1, 0.15) is 0 Å². The highest BCUT2D eigenvalue weighted by molar-refractivity contribution is 5.17. The second kappa shape index (κ2) is 4.88. The van der Waals surface area contributed by atoms with Gasteiger partial charge >= 0.3 is 0 Å². The number of aromatic nitrogens is 1. The lowest BCUT2D eigenvalue weighted by atomic mass is 10.1. The van der Waals surface area contributed by atoms with Crippen LogP contribution < -0.4 is 4.74 Å². The van der Waals surface area contributed by atoms with Crippen molar-refractivity contribution < 1.29 is 13.5 Å². The molecule has 0 radical (unpaired) electrons. The first-order chi connectivity index (χ1) is 6.59. The highest BCUT2D eigenvalue weighted by Gasteiger charge is 2.06. The molecule has 4 heteroatoms. The fourth-order valence-electron chi connectivity index (χ4n) is 0.981. The number of nitrogens with zero attached hydrogens (tertiary/aromatic N) is 1. The Morgan fingerprint density at radius 1 is 1.36 bits per heavy atom. The molecule has 0 aromatic carbocycles. The van der Waals surface area contributed by atoms with E-state index in [2.05, 4.69) is 4.98 Å². The van der Waals surface area contributed by atoms with Gasteiger partial charge in [0.25, 0.3) is 6.43 Å². The first-order valence-electron chi connectivity index (χ1n) is 4.47. The van der Waals surface area contributed by atoms with Crippen molar-refractivity contribution in [3.8, 4) is 5.88 Å². The van der Waals surface area contributed by atoms with Gasteiger partial charge in [0.05, 0.1) is 0 Å². The van der Waals surface area contributed by atoms with E-state index in [0.29, 0.717) is 0 Å². The maximum absolute atomic E-state index is 11.8. The summed E-state index contributed by atoms with van der Waals surface area (Å²) < 4.78 is 28.5. The normalized spacial score (nSPS) is 11.0. The fourth-order valence-corrected chi connectivity index (χ4v) is 0.981. The van der Waals surface area contributed by atoms with Crippen LogP contribution in [-0.2, 0) is 0 Å². The summed E-state index contributed by atoms with van der Waals surface area (Å²) in [5.41, 5.74) is 0.844. The van der Waals surface area contributed by atoms with Gasteiger partial charge in [-0.1, -0.05) is 19.9 Å². The van der Waals surface area contributed by atoms with Crippen LogP contribution in [0.1, 0.15) is 25.5 Å². The van der Waals surface area contributed by atoms with E-state index in [1.807, 2.05) is 19.9 Å². The van der Waals surface area contributed by atoms with Crippen molar-refractivity contribution in [2.45, 2.75) is 26.2 Å². The smallest absolute Gasteiger partial charge is 0.272 e. The molecule has 1 rings (SSSR count). The van der Waals surface area contributed by atoms with Gasteiger partial charge in [0.2, 0.25) is 5.88 Å². The third-order valence-electron chi connectivity index (χ3n) is 1.69. The molecule has 0 N–H and O–H groups in total. The fraction of sp³-hybridized carbons (Fsp3) is 0.500. The number of pyridine rings is 1. The summed E-state index contributed by atoms with van der Waals surface area (Å²) in [7, 11) is 0. The SMILES string of the molecule is CC(C)c1cccc(OCC(F)F)n1. The zero-order valence-electron chi connectivity index (χ0n) is 8.21. The van der Waals surface area contributed by atoms with E-state index in [-0.39, 0.29) is 11.8 Å². The molecular formula is C10H13F2NO. The summed E-state index contributed by atoms with van der Waals surface area (Å²) in [6.07, 6.45) is -2.46. The Morgan fingerprint density at radius 2 is 2.07 bits per heavy atom. The van der Waals surface area contributed by atoms with Crippen molar-refractivity contribution in [1.82, 2.24) is 4.98 Å². The Labute approximate surface area is 81.9 Å². The molecule has 0 atom stereocenters. The topological polar surface area (TPSA) is 22.1 Å². The summed E-state index contributed by atoms with van der Waals surface area (Å²) in [5.74, 6) is 0.529. The summed E-state index contributed by atoms with van der Waals surface area (Å²) in [4.78, 5) is 4.09. The van der Waals surface area contributed by atoms with Crippen molar-refractivity contribution in [3.63, 3.8) is 0 Å². The van der Waals surface area contributed by atoms with Crippen LogP contribution in [0.2, 0.25) is 0 Å². The minimum Gasteiger partial charge on any atom is -0.472 e. The Bertz CT molecular complexity index is 289. The van der Waals surface area contributed by atoms with Gasteiger partial charge in [0.15, 0.2) is 6.61 Å². The zero-order chi connectivity index (χ0) is 10.6. The van der Waals surface area contributed by atoms with E-state index in [1.165, 1.54) is 0 Å². The van der Waals surface area contributed by atoms with Gasteiger partial charge in [-0.2, -0.15) is 0 Å². The molecule has 0 aliphatic heterocycles. The van der Waals surface area contributed by atoms with Crippen LogP contribution >= 0.6 is 0 Å². The molecule has 0 fully saturated rings. The number of alkyl halides is 2. The van der Waals surface area contributed by atoms with E-state index >= 15 is 0 Å². The lowest BCUT2D eigenvalue weighted by Gasteiger charge is -2.07. The molecule has 0 saturated carbocycles. The molecule has 0 unspecified atom stereocenters. The minimum absolute atomic E-state index is 0.261. The largest absolute Gasteiger partial charge is 0.472 e. The van der Waals surface area contributed by atoms with Crippen LogP contribution in [0.15, 0.2) is 18.2 Å². The lowest BCUT2D eigenvalue weighted by molar-refractivity contribution is 0.0794. The van der Waals surface area contributed by atoms with Crippen LogP contribution in [0.25, 0.3) is 0 Å². The average Bonchev–Trinajstić information content (AvgIpc) is 2.15. The van der Waals surface area contributed by atoms with Gasteiger partial charge < -0.3 is 4.74 Å². The first-order valence-corrected chi connectivity index (χ1v) is 4.47. The predicted molar refractivity (Wildman–Crippen MR) is 49.8 cm³/mol. The number of rotatable bonds is 4. The molecule has 2 nitrogen and oxygen atoms in total. The molecule has 1 aromatic rings. The second-order valence-electron chi connectivity index (χ2n) is 3.26. The van der Waals surface area contributed by atoms with E-state index < -0.39 is 13.0 Å². The molecular weight excluding hydrogens is 188 g/mol. The molecule has 0 aliphatic carbocycles. The van der Waals surface area contributed by atoms with Crippen LogP contribution in [0, 0.1) is 0 Å². The van der Waals surface area contributed by atoms with E-state index in [0.717, 1.165) is 5.69 Å². The monoisotopic (exact) mass is 201 g/mol. The summed E-state index contributed by atoms with van der Waals surface area (Å²) in [5, 5.41) is 0. The van der Waals surface area contributed by atoms with Crippen molar-refractivity contribution in [2.75, 3.05) is 6.61 Å². The number of halogens is 2. The van der Waals surface area contributed by atoms with E-state index in [1.54, 1.807) is 12.1 Å². The molecule has 0 saturated heterocycles. The molecule has 0 aliphatic rings. The first kappa shape index (κ1) is 10.9. The summed E-state index contributed by atoms with van der Waals surface area (Å²) in [6, 6.07) is 5.18. The quantitative estimate of drug-likeness (QED) is 0.747. The highest BCUT2D eigenvalue weighted by Crippen LogP contribution is 2.15. The lowest BCUT2D eigenvalue weighted by Crippen LogP contribution is -2.08. The number of ether oxygens (including phenoxy) is 1. The van der Waals surface area contributed by atoms with Crippen LogP contribution in [0.3, 0.4) is 0 Å². The molecule has 1 aromatic heterocycles. The molecule has 78 valence electrons. The van der Waals surface area contributed by atoms with Gasteiger partial charge in [0, 0.05) is 11.8 Å². The van der Waals surface area contributed by atoms with Crippen molar-refractivity contribution in [2.24, 2.45) is 0 Å². The molecule has 1 heterocycles. The Balaban J connectivity index is 2.64. The molecule has 0 bridgehead atoms. The van der Waals surface area contributed by atoms with Gasteiger partial charge in [-0.3, -0.25) is 0 Å². The third-order valence-corrected chi connectivity index (χ3v) is 1.69. The van der Waals surface area contributed by atoms with Crippen molar-refractivity contribution in [3.05, 3.63) is 23.9 Å². The van der Waals surface area contributed by atoms with Gasteiger partial charge in [-0.15, -0.1) is 0 Å². The average molecular weight is 201 g/mol. The van der Waals surface area contributed by atoms with E-state index in [9.17, 15) is 8.78 Å². The van der Waals surface area contributed by atoms with Crippen molar-refractivity contribution >= 4 is 0 Å². The van der Waals surface area contributed by atoms with Crippen molar-refractivity contribution in [1.29, 1.82) is 0 Å². The van der Waals surface area contributed by atoms with Crippen LogP contribution in [-0.4, -0.2) is 18.0 Å². The molecule has 14 heavy (non-hydrogen) atoms. The highest BCUT2D eigenvalue weighted by atomic mass is 19.3. The third kappa shape index (κ3) is 3.28. The second-order valence-corrected chi connectivity index (χ2v) is 3.26. The summed E-state index contributed by atoms with van der Waals surface area (Å²) >= 11 is 0. The zero-order valence-corrected chi connectivity index (χ0v) is 8.21. The van der Waals surface area contributed by atoms with E-state index in [4.69, 9.17) is 4.74 Å². The summed E-state index contributed by atoms with van der Waals surface area (Å²) in [6.45, 7) is 3.37. The predicted octanol–water partition coefficient (Wildman–Crippen LogP) is 2.85. The Hall–Kier alpha value is -1.19. The Morgan fingerprint density at radius 3 is 2.64 bits per heavy atom. The van der Waals surface area contributed by atoms with Crippen LogP contribution in [0.4, 0.5) is 8.78 Å². The minimum atomic E-state index is -2.46. The van der Waals surface area contributed by atoms with Gasteiger partial charge in [-0.25, -0.2) is 13.8 Å². The maximum Gasteiger partial charge on any atom is 0.272 e. The van der Waals surface area contributed by atoms with Crippen LogP contribution in [0.5, 0.6) is 5.88 Å². The Kier molecular flexibility index (Phi) is 3.80. The standard InChI is InChI=1S/C10H13F2NO/c1-7(2)8-4-3-5-10(13-8)14-6-9(11)12/h3-5,7,9H,6H2,1-2H3.